The second-order valence-corrected chi connectivity index (χ2v) is 10.9. The van der Waals surface area contributed by atoms with Crippen molar-refractivity contribution in [3.05, 3.63) is 152 Å². The van der Waals surface area contributed by atoms with Crippen molar-refractivity contribution in [2.45, 2.75) is 30.8 Å². The van der Waals surface area contributed by atoms with E-state index in [9.17, 15) is 0 Å². The highest BCUT2D eigenvalue weighted by Gasteiger charge is 2.72. The average molecular weight is 447 g/mol. The number of hydrogen-bond donors (Lipinski definition) is 0. The molecule has 35 heavy (non-hydrogen) atoms. The summed E-state index contributed by atoms with van der Waals surface area (Å²) < 4.78 is 5.43. The molecule has 2 aliphatic carbocycles. The van der Waals surface area contributed by atoms with E-state index < -0.39 is 0 Å². The maximum Gasteiger partial charge on any atom is 0.417 e. The number of pyridine rings is 2. The molecule has 0 radical (unpaired) electrons. The summed E-state index contributed by atoms with van der Waals surface area (Å²) >= 11 is 0. The van der Waals surface area contributed by atoms with Crippen LogP contribution in [0.5, 0.6) is 0 Å². The van der Waals surface area contributed by atoms with Gasteiger partial charge in [-0.25, -0.2) is 0 Å². The Morgan fingerprint density at radius 1 is 0.514 bits per heavy atom. The summed E-state index contributed by atoms with van der Waals surface area (Å²) in [5.74, 6) is 0.315. The average Bonchev–Trinajstić information content (AvgIpc) is 3.20. The van der Waals surface area contributed by atoms with Gasteiger partial charge in [0.25, 0.3) is 11.4 Å². The third-order valence-corrected chi connectivity index (χ3v) is 9.44. The molecular weight excluding hydrogens is 424 g/mol. The van der Waals surface area contributed by atoms with Crippen molar-refractivity contribution in [3.8, 4) is 11.4 Å². The molecule has 0 N–H and O–H groups in total. The summed E-state index contributed by atoms with van der Waals surface area (Å²) in [6, 6.07) is 35.1. The zero-order chi connectivity index (χ0) is 22.5. The van der Waals surface area contributed by atoms with Crippen LogP contribution in [0, 0.1) is 0 Å². The number of hydrogen-bond acceptors (Lipinski definition) is 0. The highest BCUT2D eigenvalue weighted by atomic mass is 15.4. The standard InChI is InChI=1S/C33H22N2/c1-2-10-25-19(6-1)16-20-14-15-22-18-24-9-5-13-28-27-12-4-8-23-17-21-7-3-11-26-30(25)29(20)32(22)33(31(21)26,34(23)27)35(24)28/h1-15,30H,16-18H2/q+2. The van der Waals surface area contributed by atoms with Crippen LogP contribution in [0.1, 0.15) is 67.4 Å². The molecule has 5 aromatic rings. The zero-order valence-corrected chi connectivity index (χ0v) is 19.3. The lowest BCUT2D eigenvalue weighted by molar-refractivity contribution is -0.946. The molecule has 1 spiro atoms. The number of nitrogens with zero attached hydrogens (tertiary/aromatic N) is 2. The number of fused-ring (bicyclic) bond motifs is 4. The molecule has 5 aliphatic rings. The Balaban J connectivity index is 1.50. The molecule has 3 aromatic carbocycles. The third-order valence-electron chi connectivity index (χ3n) is 9.44. The van der Waals surface area contributed by atoms with E-state index in [-0.39, 0.29) is 5.66 Å². The molecule has 2 heteroatoms. The summed E-state index contributed by atoms with van der Waals surface area (Å²) in [4.78, 5) is 0. The summed E-state index contributed by atoms with van der Waals surface area (Å²) in [5.41, 5.74) is 18.9. The molecule has 0 bridgehead atoms. The van der Waals surface area contributed by atoms with E-state index in [0.29, 0.717) is 5.92 Å². The van der Waals surface area contributed by atoms with E-state index in [1.807, 2.05) is 0 Å². The predicted molar refractivity (Wildman–Crippen MR) is 133 cm³/mol. The van der Waals surface area contributed by atoms with Gasteiger partial charge in [-0.1, -0.05) is 54.6 Å². The van der Waals surface area contributed by atoms with Gasteiger partial charge in [0, 0.05) is 30.2 Å². The number of benzene rings is 3. The minimum atomic E-state index is -0.316. The van der Waals surface area contributed by atoms with Crippen LogP contribution < -0.4 is 9.13 Å². The van der Waals surface area contributed by atoms with Crippen LogP contribution in [0.3, 0.4) is 0 Å². The summed E-state index contributed by atoms with van der Waals surface area (Å²) in [6.45, 7) is 0. The lowest BCUT2D eigenvalue weighted by Gasteiger charge is -2.43. The van der Waals surface area contributed by atoms with Crippen molar-refractivity contribution in [2.24, 2.45) is 0 Å². The Bertz CT molecular complexity index is 1800. The second-order valence-electron chi connectivity index (χ2n) is 10.9. The lowest BCUT2D eigenvalue weighted by atomic mass is 9.60. The Morgan fingerprint density at radius 2 is 1.14 bits per heavy atom. The van der Waals surface area contributed by atoms with Gasteiger partial charge in [0.05, 0.1) is 12.8 Å². The second kappa shape index (κ2) is 5.44. The quantitative estimate of drug-likeness (QED) is 0.297. The summed E-state index contributed by atoms with van der Waals surface area (Å²) in [5, 5.41) is 0. The van der Waals surface area contributed by atoms with Crippen molar-refractivity contribution in [1.29, 1.82) is 0 Å². The maximum atomic E-state index is 2.71. The monoisotopic (exact) mass is 446 g/mol. The third kappa shape index (κ3) is 1.68. The van der Waals surface area contributed by atoms with E-state index >= 15 is 0 Å². The molecule has 2 unspecified atom stereocenters. The molecule has 5 heterocycles. The number of rotatable bonds is 0. The van der Waals surface area contributed by atoms with E-state index in [4.69, 9.17) is 0 Å². The van der Waals surface area contributed by atoms with Crippen LogP contribution in [0.4, 0.5) is 0 Å². The number of aromatic nitrogens is 2. The van der Waals surface area contributed by atoms with Gasteiger partial charge in [0.1, 0.15) is 11.1 Å². The minimum absolute atomic E-state index is 0.315. The van der Waals surface area contributed by atoms with Gasteiger partial charge in [-0.15, -0.1) is 9.13 Å². The van der Waals surface area contributed by atoms with E-state index in [0.717, 1.165) is 19.3 Å². The highest BCUT2D eigenvalue weighted by molar-refractivity contribution is 5.70. The van der Waals surface area contributed by atoms with Crippen LogP contribution in [0.2, 0.25) is 0 Å². The predicted octanol–water partition coefficient (Wildman–Crippen LogP) is 4.75. The first kappa shape index (κ1) is 17.4. The van der Waals surface area contributed by atoms with Crippen LogP contribution in [-0.2, 0) is 24.9 Å². The van der Waals surface area contributed by atoms with Gasteiger partial charge in [-0.2, -0.15) is 0 Å². The van der Waals surface area contributed by atoms with Crippen molar-refractivity contribution in [3.63, 3.8) is 0 Å². The lowest BCUT2D eigenvalue weighted by Crippen LogP contribution is -2.77. The Kier molecular flexibility index (Phi) is 2.71. The first-order chi connectivity index (χ1) is 17.4. The van der Waals surface area contributed by atoms with Crippen molar-refractivity contribution < 1.29 is 9.13 Å². The Hall–Kier alpha value is -4.04. The first-order valence-electron chi connectivity index (χ1n) is 12.8. The Labute approximate surface area is 203 Å². The Morgan fingerprint density at radius 3 is 1.94 bits per heavy atom. The molecule has 0 fully saturated rings. The van der Waals surface area contributed by atoms with Gasteiger partial charge in [0.2, 0.25) is 0 Å². The topological polar surface area (TPSA) is 7.76 Å². The van der Waals surface area contributed by atoms with Gasteiger partial charge < -0.3 is 0 Å². The molecule has 0 saturated carbocycles. The van der Waals surface area contributed by atoms with Crippen LogP contribution >= 0.6 is 0 Å². The molecular formula is C33H22N2+2. The molecule has 0 amide bonds. The van der Waals surface area contributed by atoms with Crippen molar-refractivity contribution in [1.82, 2.24) is 0 Å². The summed E-state index contributed by atoms with van der Waals surface area (Å²) in [6.07, 6.45) is 3.01. The van der Waals surface area contributed by atoms with Crippen molar-refractivity contribution in [2.75, 3.05) is 0 Å². The van der Waals surface area contributed by atoms with Gasteiger partial charge in [-0.3, -0.25) is 0 Å². The van der Waals surface area contributed by atoms with Gasteiger partial charge in [-0.05, 0) is 57.5 Å². The highest BCUT2D eigenvalue weighted by Crippen LogP contribution is 2.57. The molecule has 3 aliphatic heterocycles. The smallest absolute Gasteiger partial charge is 0.117 e. The SMILES string of the molecule is c1ccc2c(c1)Cc1ccc3c4c1C2c1cccc2c1C41[n+]4c(cccc4-c4cccc([n+]41)C3)C2. The molecule has 162 valence electrons. The zero-order valence-electron chi connectivity index (χ0n) is 19.3. The fraction of sp³-hybridized carbons (Fsp3) is 0.152. The molecule has 10 rings (SSSR count). The van der Waals surface area contributed by atoms with Gasteiger partial charge >= 0.3 is 5.66 Å². The molecule has 0 saturated heterocycles. The van der Waals surface area contributed by atoms with E-state index in [1.165, 1.54) is 61.7 Å². The fourth-order valence-corrected chi connectivity index (χ4v) is 8.46. The van der Waals surface area contributed by atoms with Crippen molar-refractivity contribution >= 4 is 0 Å². The van der Waals surface area contributed by atoms with Crippen LogP contribution in [0.25, 0.3) is 11.4 Å². The maximum absolute atomic E-state index is 2.71. The van der Waals surface area contributed by atoms with Crippen LogP contribution in [-0.4, -0.2) is 0 Å². The molecule has 2 nitrogen and oxygen atoms in total. The molecule has 2 atom stereocenters. The fourth-order valence-electron chi connectivity index (χ4n) is 8.46. The summed E-state index contributed by atoms with van der Waals surface area (Å²) in [7, 11) is 0. The van der Waals surface area contributed by atoms with Crippen LogP contribution in [0.15, 0.2) is 91.0 Å². The normalized spacial score (nSPS) is 21.8. The first-order valence-corrected chi connectivity index (χ1v) is 12.8. The largest absolute Gasteiger partial charge is 0.417 e. The molecule has 2 aromatic heterocycles. The van der Waals surface area contributed by atoms with E-state index in [2.05, 4.69) is 100 Å². The minimum Gasteiger partial charge on any atom is -0.117 e. The van der Waals surface area contributed by atoms with E-state index in [1.54, 1.807) is 11.1 Å². The van der Waals surface area contributed by atoms with Gasteiger partial charge in [0.15, 0.2) is 11.4 Å².